The Bertz CT molecular complexity index is 1710. The van der Waals surface area contributed by atoms with Crippen LogP contribution in [0, 0.1) is 34.6 Å². The first kappa shape index (κ1) is 25.1. The van der Waals surface area contributed by atoms with Gasteiger partial charge in [0.05, 0.1) is 17.5 Å². The molecule has 0 spiro atoms. The van der Waals surface area contributed by atoms with Crippen LogP contribution < -0.4 is 0 Å². The zero-order valence-corrected chi connectivity index (χ0v) is 23.7. The number of fused-ring (bicyclic) bond motifs is 2. The Morgan fingerprint density at radius 2 is 1.51 bits per heavy atom. The molecule has 4 aromatic rings. The molecular weight excluding hydrogens is 474 g/mol. The number of dihydropyridines is 1. The lowest BCUT2D eigenvalue weighted by molar-refractivity contribution is 0.382. The summed E-state index contributed by atoms with van der Waals surface area (Å²) < 4.78 is 0. The molecule has 6 rings (SSSR count). The zero-order chi connectivity index (χ0) is 27.3. The lowest BCUT2D eigenvalue weighted by Gasteiger charge is -2.40. The molecule has 3 heterocycles. The van der Waals surface area contributed by atoms with Crippen LogP contribution in [-0.2, 0) is 0 Å². The van der Waals surface area contributed by atoms with E-state index in [2.05, 4.69) is 131 Å². The van der Waals surface area contributed by atoms with Crippen LogP contribution in [0.1, 0.15) is 51.7 Å². The summed E-state index contributed by atoms with van der Waals surface area (Å²) in [6.45, 7) is 13.9. The molecule has 3 heteroatoms. The summed E-state index contributed by atoms with van der Waals surface area (Å²) in [6.07, 6.45) is 6.92. The van der Waals surface area contributed by atoms with Crippen molar-refractivity contribution in [2.24, 2.45) is 4.99 Å². The molecule has 3 nitrogen and oxygen atoms in total. The van der Waals surface area contributed by atoms with Crippen LogP contribution in [0.25, 0.3) is 22.0 Å². The maximum atomic E-state index is 5.43. The second kappa shape index (κ2) is 9.81. The Morgan fingerprint density at radius 3 is 2.23 bits per heavy atom. The second-order valence-corrected chi connectivity index (χ2v) is 10.8. The van der Waals surface area contributed by atoms with E-state index in [4.69, 9.17) is 9.98 Å². The summed E-state index contributed by atoms with van der Waals surface area (Å²) in [5.74, 6) is 0. The minimum atomic E-state index is 0.0460. The van der Waals surface area contributed by atoms with Gasteiger partial charge in [-0.1, -0.05) is 60.7 Å². The predicted molar refractivity (Wildman–Crippen MR) is 165 cm³/mol. The third kappa shape index (κ3) is 4.32. The molecule has 39 heavy (non-hydrogen) atoms. The van der Waals surface area contributed by atoms with Gasteiger partial charge in [-0.15, -0.1) is 0 Å². The highest BCUT2D eigenvalue weighted by atomic mass is 15.2. The molecule has 0 aliphatic carbocycles. The molecule has 3 aromatic carbocycles. The largest absolute Gasteiger partial charge is 0.359 e. The van der Waals surface area contributed by atoms with E-state index >= 15 is 0 Å². The fourth-order valence-electron chi connectivity index (χ4n) is 6.36. The van der Waals surface area contributed by atoms with E-state index in [9.17, 15) is 0 Å². The summed E-state index contributed by atoms with van der Waals surface area (Å²) in [5, 5.41) is 2.48. The first-order valence-corrected chi connectivity index (χ1v) is 13.9. The van der Waals surface area contributed by atoms with Crippen molar-refractivity contribution >= 4 is 27.8 Å². The number of hydrogen-bond acceptors (Lipinski definition) is 3. The van der Waals surface area contributed by atoms with E-state index < -0.39 is 0 Å². The van der Waals surface area contributed by atoms with Gasteiger partial charge in [0.1, 0.15) is 0 Å². The van der Waals surface area contributed by atoms with Gasteiger partial charge in [0.15, 0.2) is 0 Å². The lowest BCUT2D eigenvalue weighted by atomic mass is 9.87. The molecule has 0 amide bonds. The number of rotatable bonds is 4. The number of nitrogens with zero attached hydrogens (tertiary/aromatic N) is 3. The van der Waals surface area contributed by atoms with Crippen LogP contribution in [0.4, 0.5) is 0 Å². The Labute approximate surface area is 231 Å². The maximum absolute atomic E-state index is 5.43. The molecule has 1 atom stereocenters. The summed E-state index contributed by atoms with van der Waals surface area (Å²) >= 11 is 0. The molecule has 0 N–H and O–H groups in total. The third-order valence-corrected chi connectivity index (χ3v) is 8.08. The first-order chi connectivity index (χ1) is 18.9. The van der Waals surface area contributed by atoms with Crippen LogP contribution in [-0.4, -0.2) is 28.2 Å². The van der Waals surface area contributed by atoms with Gasteiger partial charge in [0.2, 0.25) is 0 Å². The van der Waals surface area contributed by atoms with Crippen molar-refractivity contribution < 1.29 is 0 Å². The van der Waals surface area contributed by atoms with Crippen LogP contribution in [0.2, 0.25) is 0 Å². The lowest BCUT2D eigenvalue weighted by Crippen LogP contribution is -2.38. The van der Waals surface area contributed by atoms with Gasteiger partial charge in [-0.3, -0.25) is 4.98 Å². The van der Waals surface area contributed by atoms with Gasteiger partial charge in [0, 0.05) is 40.3 Å². The van der Waals surface area contributed by atoms with Crippen LogP contribution in [0.3, 0.4) is 0 Å². The molecule has 194 valence electrons. The van der Waals surface area contributed by atoms with Gasteiger partial charge in [0.25, 0.3) is 0 Å². The van der Waals surface area contributed by atoms with Crippen LogP contribution in [0.15, 0.2) is 95.6 Å². The van der Waals surface area contributed by atoms with E-state index in [0.29, 0.717) is 0 Å². The van der Waals surface area contributed by atoms with E-state index in [0.717, 1.165) is 29.3 Å². The molecule has 2 aliphatic rings. The molecule has 0 radical (unpaired) electrons. The molecule has 1 aromatic heterocycles. The normalized spacial score (nSPS) is 16.9. The fraction of sp³-hybridized carbons (Fsp3) is 0.222. The molecule has 0 saturated carbocycles. The SMILES string of the molecule is CCN1C(c2c(C)cc(C)nc2C)=CC(c2ccc3ccccc3c2)=C2N=C(c3c(C)cccc3C)C=CC21. The highest BCUT2D eigenvalue weighted by molar-refractivity contribution is 6.12. The average molecular weight is 510 g/mol. The topological polar surface area (TPSA) is 28.5 Å². The highest BCUT2D eigenvalue weighted by Gasteiger charge is 2.33. The minimum absolute atomic E-state index is 0.0460. The highest BCUT2D eigenvalue weighted by Crippen LogP contribution is 2.41. The van der Waals surface area contributed by atoms with Crippen molar-refractivity contribution in [1.82, 2.24) is 9.88 Å². The maximum Gasteiger partial charge on any atom is 0.0907 e. The molecule has 1 unspecified atom stereocenters. The van der Waals surface area contributed by atoms with Gasteiger partial charge >= 0.3 is 0 Å². The Hall–Kier alpha value is -4.24. The number of benzene rings is 3. The average Bonchev–Trinajstić information content (AvgIpc) is 2.91. The zero-order valence-electron chi connectivity index (χ0n) is 23.7. The summed E-state index contributed by atoms with van der Waals surface area (Å²) in [7, 11) is 0. The number of allylic oxidation sites excluding steroid dienone is 3. The van der Waals surface area contributed by atoms with Crippen molar-refractivity contribution in [2.75, 3.05) is 6.54 Å². The number of aliphatic imine (C=N–C) groups is 1. The van der Waals surface area contributed by atoms with Crippen molar-refractivity contribution in [3.8, 4) is 0 Å². The van der Waals surface area contributed by atoms with Gasteiger partial charge in [-0.05, 0) is 98.9 Å². The summed E-state index contributed by atoms with van der Waals surface area (Å²) in [5.41, 5.74) is 14.1. The third-order valence-electron chi connectivity index (χ3n) is 8.08. The molecule has 0 bridgehead atoms. The van der Waals surface area contributed by atoms with Gasteiger partial charge < -0.3 is 4.90 Å². The van der Waals surface area contributed by atoms with E-state index in [-0.39, 0.29) is 6.04 Å². The standard InChI is InChI=1S/C36H35N3/c1-7-39-32-18-17-31(34-22(2)11-10-12-23(34)3)38-36(32)30(29-16-15-27-13-8-9-14-28(27)20-29)21-33(39)35-24(4)19-25(5)37-26(35)6/h8-21,32H,7H2,1-6H3. The first-order valence-electron chi connectivity index (χ1n) is 13.9. The Kier molecular flexibility index (Phi) is 6.31. The quantitative estimate of drug-likeness (QED) is 0.277. The van der Waals surface area contributed by atoms with Crippen LogP contribution >= 0.6 is 0 Å². The fourth-order valence-corrected chi connectivity index (χ4v) is 6.36. The minimum Gasteiger partial charge on any atom is -0.359 e. The molecule has 0 saturated heterocycles. The number of aryl methyl sites for hydroxylation is 5. The van der Waals surface area contributed by atoms with Crippen molar-refractivity contribution in [1.29, 1.82) is 0 Å². The number of aromatic nitrogens is 1. The van der Waals surface area contributed by atoms with E-state index in [1.165, 1.54) is 55.4 Å². The van der Waals surface area contributed by atoms with Gasteiger partial charge in [-0.25, -0.2) is 4.99 Å². The van der Waals surface area contributed by atoms with E-state index in [1.807, 2.05) is 0 Å². The van der Waals surface area contributed by atoms with E-state index in [1.54, 1.807) is 0 Å². The Balaban J connectivity index is 1.64. The van der Waals surface area contributed by atoms with Crippen molar-refractivity contribution in [3.63, 3.8) is 0 Å². The monoisotopic (exact) mass is 509 g/mol. The predicted octanol–water partition coefficient (Wildman–Crippen LogP) is 8.29. The molecule has 2 aliphatic heterocycles. The number of pyridine rings is 1. The summed E-state index contributed by atoms with van der Waals surface area (Å²) in [6, 6.07) is 24.1. The van der Waals surface area contributed by atoms with Crippen LogP contribution in [0.5, 0.6) is 0 Å². The van der Waals surface area contributed by atoms with Gasteiger partial charge in [-0.2, -0.15) is 0 Å². The van der Waals surface area contributed by atoms with Crippen molar-refractivity contribution in [2.45, 2.75) is 47.6 Å². The Morgan fingerprint density at radius 1 is 0.769 bits per heavy atom. The smallest absolute Gasteiger partial charge is 0.0907 e. The number of likely N-dealkylation sites (N-methyl/N-ethyl adjacent to an activating group) is 1. The summed E-state index contributed by atoms with van der Waals surface area (Å²) in [4.78, 5) is 12.8. The number of hydrogen-bond donors (Lipinski definition) is 0. The molecular formula is C36H35N3. The van der Waals surface area contributed by atoms with Crippen molar-refractivity contribution in [3.05, 3.63) is 135 Å². The second-order valence-electron chi connectivity index (χ2n) is 10.8. The molecule has 0 fully saturated rings.